The van der Waals surface area contributed by atoms with E-state index in [2.05, 4.69) is 26.0 Å². The summed E-state index contributed by atoms with van der Waals surface area (Å²) in [5.41, 5.74) is 3.35. The number of hydrogen-bond donors (Lipinski definition) is 0. The highest BCUT2D eigenvalue weighted by Gasteiger charge is 2.37. The molecule has 2 heterocycles. The van der Waals surface area contributed by atoms with Crippen molar-refractivity contribution in [2.45, 2.75) is 45.6 Å². The van der Waals surface area contributed by atoms with E-state index < -0.39 is 0 Å². The minimum atomic E-state index is -0.260. The van der Waals surface area contributed by atoms with Crippen molar-refractivity contribution in [1.82, 2.24) is 9.80 Å². The number of piperidine rings is 1. The monoisotopic (exact) mass is 480 g/mol. The minimum absolute atomic E-state index is 0.0528. The summed E-state index contributed by atoms with van der Waals surface area (Å²) in [6, 6.07) is 12.0. The molecule has 0 bridgehead atoms. The van der Waals surface area contributed by atoms with Crippen LogP contribution in [0.25, 0.3) is 0 Å². The zero-order valence-electron chi connectivity index (χ0n) is 21.2. The van der Waals surface area contributed by atoms with Crippen LogP contribution in [0.15, 0.2) is 36.4 Å². The summed E-state index contributed by atoms with van der Waals surface area (Å²) in [6.07, 6.45) is 2.73. The molecule has 0 N–H and O–H groups in total. The van der Waals surface area contributed by atoms with Gasteiger partial charge in [0, 0.05) is 45.4 Å². The first-order chi connectivity index (χ1) is 16.9. The average Bonchev–Trinajstić information content (AvgIpc) is 3.25. The summed E-state index contributed by atoms with van der Waals surface area (Å²) in [7, 11) is 3.22. The Morgan fingerprint density at radius 3 is 2.34 bits per heavy atom. The molecule has 2 amide bonds. The van der Waals surface area contributed by atoms with Gasteiger partial charge < -0.3 is 24.0 Å². The molecule has 35 heavy (non-hydrogen) atoms. The van der Waals surface area contributed by atoms with Gasteiger partial charge in [0.2, 0.25) is 11.8 Å². The van der Waals surface area contributed by atoms with Crippen LogP contribution in [0.3, 0.4) is 0 Å². The summed E-state index contributed by atoms with van der Waals surface area (Å²) in [6.45, 7) is 6.55. The van der Waals surface area contributed by atoms with E-state index in [1.165, 1.54) is 0 Å². The SMILES string of the molecule is COc1ccc(CCN2CC(C(=O)N3CCC(Oc4c(C)cccc4C)CC3)CC2=O)cc1OC. The van der Waals surface area contributed by atoms with Crippen LogP contribution in [-0.4, -0.2) is 68.1 Å². The number of hydrogen-bond acceptors (Lipinski definition) is 5. The van der Waals surface area contributed by atoms with Crippen molar-refractivity contribution in [1.29, 1.82) is 0 Å². The average molecular weight is 481 g/mol. The number of aryl methyl sites for hydroxylation is 2. The van der Waals surface area contributed by atoms with Crippen LogP contribution in [0.2, 0.25) is 0 Å². The fraction of sp³-hybridized carbons (Fsp3) is 0.500. The van der Waals surface area contributed by atoms with Crippen LogP contribution in [0.5, 0.6) is 17.2 Å². The first kappa shape index (κ1) is 24.9. The lowest BCUT2D eigenvalue weighted by Gasteiger charge is -2.34. The molecule has 0 aliphatic carbocycles. The predicted octanol–water partition coefficient (Wildman–Crippen LogP) is 3.78. The Bertz CT molecular complexity index is 1040. The molecule has 188 valence electrons. The van der Waals surface area contributed by atoms with Crippen LogP contribution < -0.4 is 14.2 Å². The first-order valence-corrected chi connectivity index (χ1v) is 12.4. The molecule has 2 aromatic rings. The van der Waals surface area contributed by atoms with Crippen molar-refractivity contribution in [2.24, 2.45) is 5.92 Å². The van der Waals surface area contributed by atoms with Gasteiger partial charge in [-0.15, -0.1) is 0 Å². The number of benzene rings is 2. The van der Waals surface area contributed by atoms with Crippen molar-refractivity contribution in [2.75, 3.05) is 40.4 Å². The van der Waals surface area contributed by atoms with E-state index >= 15 is 0 Å². The first-order valence-electron chi connectivity index (χ1n) is 12.4. The predicted molar refractivity (Wildman–Crippen MR) is 134 cm³/mol. The molecule has 2 fully saturated rings. The van der Waals surface area contributed by atoms with Crippen molar-refractivity contribution in [3.63, 3.8) is 0 Å². The molecule has 2 aromatic carbocycles. The van der Waals surface area contributed by atoms with Crippen molar-refractivity contribution >= 4 is 11.8 Å². The Morgan fingerprint density at radius 1 is 1.00 bits per heavy atom. The van der Waals surface area contributed by atoms with Gasteiger partial charge in [0.05, 0.1) is 20.1 Å². The van der Waals surface area contributed by atoms with Crippen LogP contribution >= 0.6 is 0 Å². The van der Waals surface area contributed by atoms with Gasteiger partial charge in [-0.25, -0.2) is 0 Å². The standard InChI is InChI=1S/C28H36N2O5/c1-19-6-5-7-20(2)27(19)35-23-11-14-29(15-12-23)28(32)22-17-26(31)30(18-22)13-10-21-8-9-24(33-3)25(16-21)34-4/h5-9,16,22-23H,10-15,17-18H2,1-4H3. The number of likely N-dealkylation sites (tertiary alicyclic amines) is 2. The number of methoxy groups -OCH3 is 2. The molecule has 1 atom stereocenters. The third-order valence-electron chi connectivity index (χ3n) is 7.13. The van der Waals surface area contributed by atoms with E-state index in [0.29, 0.717) is 50.5 Å². The molecule has 2 aliphatic heterocycles. The molecule has 1 unspecified atom stereocenters. The normalized spacial score (nSPS) is 18.6. The highest BCUT2D eigenvalue weighted by molar-refractivity contribution is 5.89. The fourth-order valence-corrected chi connectivity index (χ4v) is 5.06. The van der Waals surface area contributed by atoms with Gasteiger partial charge in [0.1, 0.15) is 11.9 Å². The summed E-state index contributed by atoms with van der Waals surface area (Å²) < 4.78 is 17.0. The highest BCUT2D eigenvalue weighted by atomic mass is 16.5. The largest absolute Gasteiger partial charge is 0.493 e. The molecule has 7 nitrogen and oxygen atoms in total. The Balaban J connectivity index is 1.27. The van der Waals surface area contributed by atoms with Crippen molar-refractivity contribution in [3.05, 3.63) is 53.1 Å². The lowest BCUT2D eigenvalue weighted by Crippen LogP contribution is -2.45. The molecule has 2 aliphatic rings. The summed E-state index contributed by atoms with van der Waals surface area (Å²) in [5, 5.41) is 0. The zero-order valence-corrected chi connectivity index (χ0v) is 21.2. The van der Waals surface area contributed by atoms with Gasteiger partial charge in [-0.1, -0.05) is 24.3 Å². The number of carbonyl (C=O) groups is 2. The third-order valence-corrected chi connectivity index (χ3v) is 7.13. The fourth-order valence-electron chi connectivity index (χ4n) is 5.06. The van der Waals surface area contributed by atoms with Crippen LogP contribution in [0.1, 0.15) is 36.0 Å². The maximum atomic E-state index is 13.2. The van der Waals surface area contributed by atoms with Crippen LogP contribution in [0, 0.1) is 19.8 Å². The van der Waals surface area contributed by atoms with Gasteiger partial charge in [0.15, 0.2) is 11.5 Å². The molecule has 0 saturated carbocycles. The number of amides is 2. The summed E-state index contributed by atoms with van der Waals surface area (Å²) in [4.78, 5) is 29.5. The number of para-hydroxylation sites is 1. The van der Waals surface area contributed by atoms with E-state index in [4.69, 9.17) is 14.2 Å². The number of carbonyl (C=O) groups excluding carboxylic acids is 2. The molecule has 2 saturated heterocycles. The highest BCUT2D eigenvalue weighted by Crippen LogP contribution is 2.29. The topological polar surface area (TPSA) is 68.3 Å². The second-order valence-electron chi connectivity index (χ2n) is 9.54. The van der Waals surface area contributed by atoms with Gasteiger partial charge in [0.25, 0.3) is 0 Å². The number of ether oxygens (including phenoxy) is 3. The molecule has 0 spiro atoms. The van der Waals surface area contributed by atoms with E-state index in [0.717, 1.165) is 35.3 Å². The maximum Gasteiger partial charge on any atom is 0.227 e. The lowest BCUT2D eigenvalue weighted by molar-refractivity contribution is -0.137. The Kier molecular flexibility index (Phi) is 7.83. The van der Waals surface area contributed by atoms with Crippen molar-refractivity contribution in [3.8, 4) is 17.2 Å². The maximum absolute atomic E-state index is 13.2. The number of rotatable bonds is 8. The second-order valence-corrected chi connectivity index (χ2v) is 9.54. The Labute approximate surface area is 207 Å². The summed E-state index contributed by atoms with van der Waals surface area (Å²) >= 11 is 0. The lowest BCUT2D eigenvalue weighted by atomic mass is 10.0. The molecule has 0 aromatic heterocycles. The molecule has 7 heteroatoms. The molecular weight excluding hydrogens is 444 g/mol. The minimum Gasteiger partial charge on any atom is -0.493 e. The van der Waals surface area contributed by atoms with E-state index in [1.54, 1.807) is 14.2 Å². The van der Waals surface area contributed by atoms with E-state index in [1.807, 2.05) is 34.1 Å². The quantitative estimate of drug-likeness (QED) is 0.575. The van der Waals surface area contributed by atoms with Gasteiger partial charge in [-0.2, -0.15) is 0 Å². The molecular formula is C28H36N2O5. The molecule has 0 radical (unpaired) electrons. The van der Waals surface area contributed by atoms with Gasteiger partial charge in [-0.3, -0.25) is 9.59 Å². The van der Waals surface area contributed by atoms with Gasteiger partial charge in [-0.05, 0) is 49.1 Å². The third kappa shape index (κ3) is 5.72. The van der Waals surface area contributed by atoms with E-state index in [-0.39, 0.29) is 23.8 Å². The number of nitrogens with zero attached hydrogens (tertiary/aromatic N) is 2. The van der Waals surface area contributed by atoms with E-state index in [9.17, 15) is 9.59 Å². The Hall–Kier alpha value is -3.22. The van der Waals surface area contributed by atoms with Crippen molar-refractivity contribution < 1.29 is 23.8 Å². The van der Waals surface area contributed by atoms with Gasteiger partial charge >= 0.3 is 0 Å². The summed E-state index contributed by atoms with van der Waals surface area (Å²) in [5.74, 6) is 2.21. The second kappa shape index (κ2) is 11.0. The van der Waals surface area contributed by atoms with Crippen LogP contribution in [-0.2, 0) is 16.0 Å². The molecule has 4 rings (SSSR count). The zero-order chi connectivity index (χ0) is 24.9. The van der Waals surface area contributed by atoms with Crippen LogP contribution in [0.4, 0.5) is 0 Å². The smallest absolute Gasteiger partial charge is 0.227 e. The Morgan fingerprint density at radius 2 is 1.69 bits per heavy atom.